The van der Waals surface area contributed by atoms with Crippen molar-refractivity contribution in [2.24, 2.45) is 0 Å². The third-order valence-corrected chi connectivity index (χ3v) is 1.64. The van der Waals surface area contributed by atoms with Crippen molar-refractivity contribution >= 4 is 9.47 Å². The summed E-state index contributed by atoms with van der Waals surface area (Å²) in [4.78, 5) is 0. The molecule has 0 radical (unpaired) electrons. The predicted molar refractivity (Wildman–Crippen MR) is 42.9 cm³/mol. The van der Waals surface area contributed by atoms with Crippen LogP contribution in [0.15, 0.2) is 0 Å². The number of rotatable bonds is 4. The van der Waals surface area contributed by atoms with Crippen LogP contribution in [-0.2, 0) is 4.52 Å². The van der Waals surface area contributed by atoms with E-state index < -0.39 is 0 Å². The highest BCUT2D eigenvalue weighted by molar-refractivity contribution is 7.09. The molecule has 0 amide bonds. The Morgan fingerprint density at radius 3 is 2.78 bits per heavy atom. The van der Waals surface area contributed by atoms with Gasteiger partial charge in [-0.2, -0.15) is 0 Å². The average Bonchev–Trinajstić information content (AvgIpc) is 1.91. The molecule has 0 bridgehead atoms. The van der Waals surface area contributed by atoms with E-state index >= 15 is 0 Å². The van der Waals surface area contributed by atoms with Crippen molar-refractivity contribution in [3.8, 4) is 12.3 Å². The van der Waals surface area contributed by atoms with Crippen molar-refractivity contribution in [3.05, 3.63) is 0 Å². The van der Waals surface area contributed by atoms with Gasteiger partial charge in [0.05, 0.1) is 6.10 Å². The fourth-order valence-electron chi connectivity index (χ4n) is 0.613. The van der Waals surface area contributed by atoms with Gasteiger partial charge < -0.3 is 4.52 Å². The Morgan fingerprint density at radius 1 is 1.78 bits per heavy atom. The molecule has 0 aliphatic rings. The van der Waals surface area contributed by atoms with Crippen LogP contribution in [0, 0.1) is 12.3 Å². The first kappa shape index (κ1) is 8.95. The molecule has 1 nitrogen and oxygen atoms in total. The highest BCUT2D eigenvalue weighted by atomic mass is 31.0. The molecule has 0 saturated heterocycles. The highest BCUT2D eigenvalue weighted by Crippen LogP contribution is 2.08. The lowest BCUT2D eigenvalue weighted by Crippen LogP contribution is -2.04. The van der Waals surface area contributed by atoms with Crippen LogP contribution in [0.25, 0.3) is 0 Å². The van der Waals surface area contributed by atoms with E-state index in [0.29, 0.717) is 6.10 Å². The molecule has 1 unspecified atom stereocenters. The molecule has 0 heterocycles. The lowest BCUT2D eigenvalue weighted by Gasteiger charge is -2.08. The zero-order valence-corrected chi connectivity index (χ0v) is 6.92. The third kappa shape index (κ3) is 4.45. The Labute approximate surface area is 59.5 Å². The Morgan fingerprint density at radius 2 is 2.44 bits per heavy atom. The number of terminal acetylenes is 1. The largest absolute Gasteiger partial charge is 0.362 e. The van der Waals surface area contributed by atoms with Gasteiger partial charge in [-0.3, -0.25) is 0 Å². The van der Waals surface area contributed by atoms with Crippen LogP contribution in [0.2, 0.25) is 0 Å². The molecule has 2 atom stereocenters. The summed E-state index contributed by atoms with van der Waals surface area (Å²) in [6.45, 7) is 2.09. The van der Waals surface area contributed by atoms with Gasteiger partial charge in [-0.15, -0.1) is 12.3 Å². The second-order valence-electron chi connectivity index (χ2n) is 1.91. The van der Waals surface area contributed by atoms with Crippen LogP contribution in [0.3, 0.4) is 0 Å². The van der Waals surface area contributed by atoms with Gasteiger partial charge >= 0.3 is 0 Å². The first-order valence-electron chi connectivity index (χ1n) is 3.14. The van der Waals surface area contributed by atoms with E-state index in [4.69, 9.17) is 10.9 Å². The zero-order chi connectivity index (χ0) is 7.11. The maximum atomic E-state index is 5.07. The summed E-state index contributed by atoms with van der Waals surface area (Å²) in [6, 6.07) is 0. The van der Waals surface area contributed by atoms with Crippen LogP contribution < -0.4 is 0 Å². The Kier molecular flexibility index (Phi) is 6.04. The summed E-state index contributed by atoms with van der Waals surface area (Å²) in [6.07, 6.45) is 8.21. The first-order chi connectivity index (χ1) is 4.35. The van der Waals surface area contributed by atoms with E-state index in [1.807, 2.05) is 0 Å². The van der Waals surface area contributed by atoms with Crippen molar-refractivity contribution in [1.29, 1.82) is 0 Å². The van der Waals surface area contributed by atoms with E-state index in [2.05, 4.69) is 22.3 Å². The fourth-order valence-corrected chi connectivity index (χ4v) is 0.941. The first-order valence-corrected chi connectivity index (χ1v) is 3.61. The Balaban J connectivity index is 3.22. The average molecular weight is 144 g/mol. The van der Waals surface area contributed by atoms with Crippen LogP contribution >= 0.6 is 9.47 Å². The summed E-state index contributed by atoms with van der Waals surface area (Å²) in [7, 11) is 2.26. The van der Waals surface area contributed by atoms with E-state index in [9.17, 15) is 0 Å². The molecule has 2 heteroatoms. The second kappa shape index (κ2) is 6.08. The van der Waals surface area contributed by atoms with Gasteiger partial charge in [-0.1, -0.05) is 6.92 Å². The summed E-state index contributed by atoms with van der Waals surface area (Å²) in [5.41, 5.74) is 0. The second-order valence-corrected chi connectivity index (χ2v) is 2.18. The predicted octanol–water partition coefficient (Wildman–Crippen LogP) is 1.99. The minimum Gasteiger partial charge on any atom is -0.362 e. The summed E-state index contributed by atoms with van der Waals surface area (Å²) in [5, 5.41) is 0. The molecule has 0 aromatic rings. The normalized spacial score (nSPS) is 12.6. The molecule has 9 heavy (non-hydrogen) atoms. The molecule has 52 valence electrons. The van der Waals surface area contributed by atoms with E-state index in [0.717, 1.165) is 19.3 Å². The molecule has 0 aliphatic carbocycles. The van der Waals surface area contributed by atoms with E-state index in [-0.39, 0.29) is 0 Å². The van der Waals surface area contributed by atoms with Gasteiger partial charge in [0.2, 0.25) is 0 Å². The van der Waals surface area contributed by atoms with Crippen LogP contribution in [-0.4, -0.2) is 6.10 Å². The lowest BCUT2D eigenvalue weighted by atomic mass is 10.2. The number of hydrogen-bond acceptors (Lipinski definition) is 1. The van der Waals surface area contributed by atoms with Gasteiger partial charge in [0.1, 0.15) is 0 Å². The molecule has 0 aliphatic heterocycles. The topological polar surface area (TPSA) is 9.23 Å². The summed E-state index contributed by atoms with van der Waals surface area (Å²) < 4.78 is 5.02. The summed E-state index contributed by atoms with van der Waals surface area (Å²) >= 11 is 0. The molecule has 0 saturated carbocycles. The fraction of sp³-hybridized carbons (Fsp3) is 0.714. The van der Waals surface area contributed by atoms with Gasteiger partial charge in [-0.05, 0) is 12.8 Å². The van der Waals surface area contributed by atoms with Gasteiger partial charge in [0.15, 0.2) is 0 Å². The van der Waals surface area contributed by atoms with Crippen molar-refractivity contribution in [2.45, 2.75) is 32.3 Å². The number of hydrogen-bond donors (Lipinski definition) is 0. The Bertz CT molecular complexity index is 91.6. The maximum absolute atomic E-state index is 5.07. The molecular formula is C7H13OP. The smallest absolute Gasteiger partial charge is 0.0617 e. The van der Waals surface area contributed by atoms with E-state index in [1.54, 1.807) is 0 Å². The van der Waals surface area contributed by atoms with Crippen molar-refractivity contribution in [1.82, 2.24) is 0 Å². The molecule has 0 fully saturated rings. The van der Waals surface area contributed by atoms with Crippen LogP contribution in [0.1, 0.15) is 26.2 Å². The Hall–Kier alpha value is -0.0500. The lowest BCUT2D eigenvalue weighted by molar-refractivity contribution is 0.224. The molecule has 0 rings (SSSR count). The van der Waals surface area contributed by atoms with Gasteiger partial charge in [0.25, 0.3) is 0 Å². The van der Waals surface area contributed by atoms with Gasteiger partial charge in [-0.25, -0.2) is 0 Å². The molecule has 0 N–H and O–H groups in total. The zero-order valence-electron chi connectivity index (χ0n) is 5.76. The monoisotopic (exact) mass is 144 g/mol. The quantitative estimate of drug-likeness (QED) is 0.433. The standard InChI is InChI=1S/C7H13OP/c1-3-5-6-7(4-2)8-9/h1,7H,4-6,9H2,2H3/t7-/m0/s1. The van der Waals surface area contributed by atoms with Crippen molar-refractivity contribution in [3.63, 3.8) is 0 Å². The van der Waals surface area contributed by atoms with Gasteiger partial charge in [0, 0.05) is 15.9 Å². The maximum Gasteiger partial charge on any atom is 0.0617 e. The van der Waals surface area contributed by atoms with Crippen LogP contribution in [0.5, 0.6) is 0 Å². The molecule has 0 aromatic heterocycles. The minimum absolute atomic E-state index is 0.325. The van der Waals surface area contributed by atoms with E-state index in [1.165, 1.54) is 0 Å². The molecule has 0 spiro atoms. The summed E-state index contributed by atoms with van der Waals surface area (Å²) in [5.74, 6) is 2.58. The minimum atomic E-state index is 0.325. The third-order valence-electron chi connectivity index (χ3n) is 1.26. The van der Waals surface area contributed by atoms with Crippen molar-refractivity contribution < 1.29 is 4.52 Å². The molecule has 0 aromatic carbocycles. The SMILES string of the molecule is C#CCC[C@H](CC)OP. The van der Waals surface area contributed by atoms with Crippen molar-refractivity contribution in [2.75, 3.05) is 0 Å². The van der Waals surface area contributed by atoms with Crippen LogP contribution in [0.4, 0.5) is 0 Å². The highest BCUT2D eigenvalue weighted by Gasteiger charge is 2.00. The molecular weight excluding hydrogens is 131 g/mol.